The maximum atomic E-state index is 4.64. The van der Waals surface area contributed by atoms with E-state index in [1.165, 1.54) is 18.4 Å². The van der Waals surface area contributed by atoms with Crippen molar-refractivity contribution >= 4 is 5.95 Å². The number of aromatic nitrogens is 2. The van der Waals surface area contributed by atoms with E-state index in [-0.39, 0.29) is 0 Å². The average Bonchev–Trinajstić information content (AvgIpc) is 2.81. The molecule has 0 aliphatic carbocycles. The fraction of sp³-hybridized carbons (Fsp3) is 0.692. The largest absolute Gasteiger partial charge is 0.341 e. The molecule has 0 spiro atoms. The van der Waals surface area contributed by atoms with Crippen LogP contribution < -0.4 is 10.2 Å². The Balaban J connectivity index is 2.21. The summed E-state index contributed by atoms with van der Waals surface area (Å²) in [6.07, 6.45) is 2.53. The van der Waals surface area contributed by atoms with Crippen molar-refractivity contribution in [2.24, 2.45) is 0 Å². The molecule has 1 N–H and O–H groups in total. The van der Waals surface area contributed by atoms with Gasteiger partial charge in [-0.1, -0.05) is 6.92 Å². The van der Waals surface area contributed by atoms with Crippen LogP contribution in [0.4, 0.5) is 5.95 Å². The van der Waals surface area contributed by atoms with Gasteiger partial charge in [-0.25, -0.2) is 9.97 Å². The summed E-state index contributed by atoms with van der Waals surface area (Å²) in [6, 6.07) is 0. The molecule has 1 aliphatic heterocycles. The van der Waals surface area contributed by atoms with Crippen LogP contribution in [0.15, 0.2) is 0 Å². The van der Waals surface area contributed by atoms with Gasteiger partial charge in [0.25, 0.3) is 0 Å². The molecule has 1 aromatic rings. The highest BCUT2D eigenvalue weighted by atomic mass is 15.3. The molecule has 0 amide bonds. The first-order chi connectivity index (χ1) is 8.22. The zero-order valence-electron chi connectivity index (χ0n) is 11.1. The van der Waals surface area contributed by atoms with Crippen molar-refractivity contribution in [1.29, 1.82) is 0 Å². The number of nitrogens with one attached hydrogen (secondary N) is 1. The zero-order chi connectivity index (χ0) is 12.3. The van der Waals surface area contributed by atoms with Crippen LogP contribution in [0.5, 0.6) is 0 Å². The molecule has 0 radical (unpaired) electrons. The number of hydrogen-bond donors (Lipinski definition) is 1. The average molecular weight is 234 g/mol. The van der Waals surface area contributed by atoms with Crippen molar-refractivity contribution in [2.75, 3.05) is 24.5 Å². The van der Waals surface area contributed by atoms with E-state index < -0.39 is 0 Å². The third-order valence-corrected chi connectivity index (χ3v) is 3.35. The Morgan fingerprint density at radius 2 is 1.71 bits per heavy atom. The van der Waals surface area contributed by atoms with Crippen LogP contribution in [-0.4, -0.2) is 29.6 Å². The summed E-state index contributed by atoms with van der Waals surface area (Å²) < 4.78 is 0. The minimum absolute atomic E-state index is 0.869. The van der Waals surface area contributed by atoms with Crippen molar-refractivity contribution in [3.8, 4) is 0 Å². The fourth-order valence-electron chi connectivity index (χ4n) is 2.29. The highest BCUT2D eigenvalue weighted by Gasteiger charge is 2.17. The second-order valence-electron chi connectivity index (χ2n) is 4.65. The van der Waals surface area contributed by atoms with Crippen LogP contribution in [0.25, 0.3) is 0 Å². The predicted octanol–water partition coefficient (Wildman–Crippen LogP) is 1.80. The first kappa shape index (κ1) is 12.3. The normalized spacial score (nSPS) is 15.6. The lowest BCUT2D eigenvalue weighted by molar-refractivity contribution is 0.708. The van der Waals surface area contributed by atoms with Crippen LogP contribution in [0.2, 0.25) is 0 Å². The SMILES string of the molecule is CCNCc1c(C)nc(N2CCCC2)nc1C. The minimum Gasteiger partial charge on any atom is -0.341 e. The van der Waals surface area contributed by atoms with Crippen molar-refractivity contribution in [1.82, 2.24) is 15.3 Å². The highest BCUT2D eigenvalue weighted by molar-refractivity contribution is 5.37. The van der Waals surface area contributed by atoms with Gasteiger partial charge in [0.05, 0.1) is 0 Å². The molecule has 0 unspecified atom stereocenters. The van der Waals surface area contributed by atoms with E-state index in [9.17, 15) is 0 Å². The monoisotopic (exact) mass is 234 g/mol. The van der Waals surface area contributed by atoms with E-state index in [1.807, 2.05) is 0 Å². The van der Waals surface area contributed by atoms with Crippen molar-refractivity contribution in [2.45, 2.75) is 40.2 Å². The number of rotatable bonds is 4. The molecule has 1 aliphatic rings. The first-order valence-corrected chi connectivity index (χ1v) is 6.52. The molecule has 0 saturated carbocycles. The van der Waals surface area contributed by atoms with E-state index in [2.05, 4.69) is 41.0 Å². The van der Waals surface area contributed by atoms with Gasteiger partial charge < -0.3 is 10.2 Å². The summed E-state index contributed by atoms with van der Waals surface area (Å²) in [5.74, 6) is 0.915. The second kappa shape index (κ2) is 5.45. The van der Waals surface area contributed by atoms with Gasteiger partial charge in [-0.15, -0.1) is 0 Å². The van der Waals surface area contributed by atoms with Crippen LogP contribution in [0.3, 0.4) is 0 Å². The van der Waals surface area contributed by atoms with Crippen molar-refractivity contribution in [3.63, 3.8) is 0 Å². The summed E-state index contributed by atoms with van der Waals surface area (Å²) in [7, 11) is 0. The second-order valence-corrected chi connectivity index (χ2v) is 4.65. The zero-order valence-corrected chi connectivity index (χ0v) is 11.1. The molecular formula is C13H22N4. The molecule has 4 nitrogen and oxygen atoms in total. The molecule has 2 rings (SSSR count). The molecular weight excluding hydrogens is 212 g/mol. The molecule has 0 atom stereocenters. The summed E-state index contributed by atoms with van der Waals surface area (Å²) in [5, 5.41) is 3.34. The van der Waals surface area contributed by atoms with Crippen LogP contribution in [-0.2, 0) is 6.54 Å². The van der Waals surface area contributed by atoms with Crippen molar-refractivity contribution < 1.29 is 0 Å². The number of hydrogen-bond acceptors (Lipinski definition) is 4. The maximum absolute atomic E-state index is 4.64. The lowest BCUT2D eigenvalue weighted by Crippen LogP contribution is -2.23. The molecule has 1 fully saturated rings. The molecule has 1 aromatic heterocycles. The van der Waals surface area contributed by atoms with Gasteiger partial charge in [-0.3, -0.25) is 0 Å². The topological polar surface area (TPSA) is 41.1 Å². The minimum atomic E-state index is 0.869. The molecule has 0 bridgehead atoms. The van der Waals surface area contributed by atoms with Crippen LogP contribution in [0.1, 0.15) is 36.7 Å². The molecule has 4 heteroatoms. The lowest BCUT2D eigenvalue weighted by atomic mass is 10.1. The molecule has 0 aromatic carbocycles. The van der Waals surface area contributed by atoms with Gasteiger partial charge in [0.1, 0.15) is 0 Å². The Labute approximate surface area is 103 Å². The van der Waals surface area contributed by atoms with Gasteiger partial charge >= 0.3 is 0 Å². The number of anilines is 1. The third-order valence-electron chi connectivity index (χ3n) is 3.35. The van der Waals surface area contributed by atoms with E-state index >= 15 is 0 Å². The van der Waals surface area contributed by atoms with Gasteiger partial charge in [0.2, 0.25) is 5.95 Å². The Morgan fingerprint density at radius 3 is 2.24 bits per heavy atom. The Morgan fingerprint density at radius 1 is 1.12 bits per heavy atom. The van der Waals surface area contributed by atoms with Gasteiger partial charge in [0.15, 0.2) is 0 Å². The highest BCUT2D eigenvalue weighted by Crippen LogP contribution is 2.19. The van der Waals surface area contributed by atoms with E-state index in [0.29, 0.717) is 0 Å². The molecule has 1 saturated heterocycles. The van der Waals surface area contributed by atoms with Crippen LogP contribution in [0, 0.1) is 13.8 Å². The predicted molar refractivity (Wildman–Crippen MR) is 70.3 cm³/mol. The number of nitrogens with zero attached hydrogens (tertiary/aromatic N) is 3. The Hall–Kier alpha value is -1.16. The standard InChI is InChI=1S/C13H22N4/c1-4-14-9-12-10(2)15-13(16-11(12)3)17-7-5-6-8-17/h14H,4-9H2,1-3H3. The van der Waals surface area contributed by atoms with Gasteiger partial charge in [-0.2, -0.15) is 0 Å². The smallest absolute Gasteiger partial charge is 0.225 e. The summed E-state index contributed by atoms with van der Waals surface area (Å²) in [5.41, 5.74) is 3.47. The molecule has 17 heavy (non-hydrogen) atoms. The van der Waals surface area contributed by atoms with E-state index in [4.69, 9.17) is 0 Å². The fourth-order valence-corrected chi connectivity index (χ4v) is 2.29. The lowest BCUT2D eigenvalue weighted by Gasteiger charge is -2.18. The third kappa shape index (κ3) is 2.75. The van der Waals surface area contributed by atoms with Crippen LogP contribution >= 0.6 is 0 Å². The van der Waals surface area contributed by atoms with Crippen molar-refractivity contribution in [3.05, 3.63) is 17.0 Å². The summed E-state index contributed by atoms with van der Waals surface area (Å²) in [6.45, 7) is 10.3. The first-order valence-electron chi connectivity index (χ1n) is 6.52. The Kier molecular flexibility index (Phi) is 3.94. The van der Waals surface area contributed by atoms with E-state index in [1.54, 1.807) is 0 Å². The maximum Gasteiger partial charge on any atom is 0.225 e. The van der Waals surface area contributed by atoms with Gasteiger partial charge in [-0.05, 0) is 33.2 Å². The summed E-state index contributed by atoms with van der Waals surface area (Å²) in [4.78, 5) is 11.6. The summed E-state index contributed by atoms with van der Waals surface area (Å²) >= 11 is 0. The van der Waals surface area contributed by atoms with Gasteiger partial charge in [0, 0.05) is 36.6 Å². The number of aryl methyl sites for hydroxylation is 2. The Bertz CT molecular complexity index is 360. The molecule has 94 valence electrons. The molecule has 2 heterocycles. The quantitative estimate of drug-likeness (QED) is 0.862. The van der Waals surface area contributed by atoms with E-state index in [0.717, 1.165) is 43.5 Å².